The summed E-state index contributed by atoms with van der Waals surface area (Å²) in [6.07, 6.45) is 0.865. The fourth-order valence-corrected chi connectivity index (χ4v) is 3.33. The van der Waals surface area contributed by atoms with Crippen molar-refractivity contribution < 1.29 is 0 Å². The van der Waals surface area contributed by atoms with Gasteiger partial charge in [-0.25, -0.2) is 4.79 Å². The molecule has 1 aromatic carbocycles. The Morgan fingerprint density at radius 3 is 2.52 bits per heavy atom. The van der Waals surface area contributed by atoms with Gasteiger partial charge in [0.2, 0.25) is 5.78 Å². The van der Waals surface area contributed by atoms with Gasteiger partial charge in [-0.1, -0.05) is 30.3 Å². The van der Waals surface area contributed by atoms with E-state index in [1.54, 1.807) is 7.05 Å². The average Bonchev–Trinajstić information content (AvgIpc) is 3.10. The second-order valence-electron chi connectivity index (χ2n) is 6.30. The summed E-state index contributed by atoms with van der Waals surface area (Å²) in [5, 5.41) is 0. The molecule has 3 heterocycles. The minimum Gasteiger partial charge on any atom is -0.314 e. The Labute approximate surface area is 143 Å². The number of rotatable bonds is 3. The van der Waals surface area contributed by atoms with Gasteiger partial charge in [-0.3, -0.25) is 18.7 Å². The molecular weight excluding hydrogens is 318 g/mol. The van der Waals surface area contributed by atoms with Crippen LogP contribution in [0.1, 0.15) is 17.0 Å². The van der Waals surface area contributed by atoms with Crippen molar-refractivity contribution in [2.45, 2.75) is 26.8 Å². The Hall–Kier alpha value is -3.09. The van der Waals surface area contributed by atoms with Crippen LogP contribution in [-0.2, 0) is 20.0 Å². The zero-order chi connectivity index (χ0) is 17.7. The highest BCUT2D eigenvalue weighted by atomic mass is 16.2. The number of hydrogen-bond donors (Lipinski definition) is 1. The lowest BCUT2D eigenvalue weighted by Crippen LogP contribution is -2.28. The van der Waals surface area contributed by atoms with Crippen LogP contribution in [0.3, 0.4) is 0 Å². The molecule has 7 nitrogen and oxygen atoms in total. The summed E-state index contributed by atoms with van der Waals surface area (Å²) in [6, 6.07) is 10.2. The summed E-state index contributed by atoms with van der Waals surface area (Å²) >= 11 is 0. The van der Waals surface area contributed by atoms with Crippen molar-refractivity contribution in [2.24, 2.45) is 7.05 Å². The van der Waals surface area contributed by atoms with E-state index in [9.17, 15) is 9.59 Å². The number of imidazole rings is 2. The van der Waals surface area contributed by atoms with Crippen molar-refractivity contribution in [2.75, 3.05) is 0 Å². The molecule has 0 saturated carbocycles. The molecule has 0 aliphatic carbocycles. The van der Waals surface area contributed by atoms with E-state index < -0.39 is 11.2 Å². The third-order valence-corrected chi connectivity index (χ3v) is 4.87. The fraction of sp³-hybridized carbons (Fsp3) is 0.278. The van der Waals surface area contributed by atoms with E-state index in [-0.39, 0.29) is 0 Å². The number of aromatic amines is 1. The van der Waals surface area contributed by atoms with Gasteiger partial charge in [0.25, 0.3) is 5.56 Å². The molecule has 4 rings (SSSR count). The summed E-state index contributed by atoms with van der Waals surface area (Å²) in [6.45, 7) is 4.74. The lowest BCUT2D eigenvalue weighted by molar-refractivity contribution is 0.693. The summed E-state index contributed by atoms with van der Waals surface area (Å²) < 4.78 is 5.32. The first-order valence-electron chi connectivity index (χ1n) is 8.20. The van der Waals surface area contributed by atoms with Gasteiger partial charge in [0.05, 0.1) is 0 Å². The lowest BCUT2D eigenvalue weighted by atomic mass is 10.1. The Kier molecular flexibility index (Phi) is 3.38. The average molecular weight is 337 g/mol. The number of aromatic nitrogens is 5. The van der Waals surface area contributed by atoms with Gasteiger partial charge in [-0.2, -0.15) is 4.98 Å². The molecule has 4 aromatic rings. The van der Waals surface area contributed by atoms with Crippen LogP contribution in [0.25, 0.3) is 16.9 Å². The van der Waals surface area contributed by atoms with E-state index in [2.05, 4.69) is 26.7 Å². The Morgan fingerprint density at radius 2 is 1.80 bits per heavy atom. The summed E-state index contributed by atoms with van der Waals surface area (Å²) in [5.74, 6) is 0.688. The second-order valence-corrected chi connectivity index (χ2v) is 6.30. The minimum atomic E-state index is -0.455. The molecule has 0 saturated heterocycles. The van der Waals surface area contributed by atoms with Gasteiger partial charge in [0, 0.05) is 25.0 Å². The Balaban J connectivity index is 1.93. The number of benzene rings is 1. The maximum absolute atomic E-state index is 12.3. The number of hydrogen-bond acceptors (Lipinski definition) is 3. The topological polar surface area (TPSA) is 77.1 Å². The van der Waals surface area contributed by atoms with Gasteiger partial charge in [0.15, 0.2) is 11.2 Å². The molecule has 0 bridgehead atoms. The monoisotopic (exact) mass is 337 g/mol. The zero-order valence-electron chi connectivity index (χ0n) is 14.4. The van der Waals surface area contributed by atoms with E-state index in [1.165, 1.54) is 10.1 Å². The number of nitrogens with one attached hydrogen (secondary N) is 1. The van der Waals surface area contributed by atoms with Crippen LogP contribution in [0.2, 0.25) is 0 Å². The van der Waals surface area contributed by atoms with Crippen LogP contribution in [-0.4, -0.2) is 23.5 Å². The molecule has 0 fully saturated rings. The van der Waals surface area contributed by atoms with Gasteiger partial charge in [-0.15, -0.1) is 0 Å². The largest absolute Gasteiger partial charge is 0.329 e. The molecule has 128 valence electrons. The van der Waals surface area contributed by atoms with Crippen LogP contribution in [0.15, 0.2) is 39.9 Å². The Morgan fingerprint density at radius 1 is 1.08 bits per heavy atom. The predicted octanol–water partition coefficient (Wildman–Crippen LogP) is 1.54. The molecule has 3 aromatic heterocycles. The Bertz CT molecular complexity index is 1210. The molecule has 0 atom stereocenters. The highest BCUT2D eigenvalue weighted by Gasteiger charge is 2.20. The first-order chi connectivity index (χ1) is 12.0. The highest BCUT2D eigenvalue weighted by Crippen LogP contribution is 2.20. The minimum absolute atomic E-state index is 0.403. The van der Waals surface area contributed by atoms with Crippen LogP contribution in [0, 0.1) is 13.8 Å². The third kappa shape index (κ3) is 2.23. The molecule has 1 N–H and O–H groups in total. The summed E-state index contributed by atoms with van der Waals surface area (Å²) in [5.41, 5.74) is 3.21. The van der Waals surface area contributed by atoms with Crippen molar-refractivity contribution in [1.29, 1.82) is 0 Å². The third-order valence-electron chi connectivity index (χ3n) is 4.87. The van der Waals surface area contributed by atoms with E-state index in [1.807, 2.05) is 36.4 Å². The maximum Gasteiger partial charge on any atom is 0.329 e. The van der Waals surface area contributed by atoms with E-state index in [0.717, 1.165) is 24.4 Å². The van der Waals surface area contributed by atoms with Crippen molar-refractivity contribution in [3.63, 3.8) is 0 Å². The van der Waals surface area contributed by atoms with Crippen LogP contribution in [0.5, 0.6) is 0 Å². The molecule has 0 spiro atoms. The molecule has 7 heteroatoms. The fourth-order valence-electron chi connectivity index (χ4n) is 3.33. The molecule has 0 aliphatic rings. The van der Waals surface area contributed by atoms with E-state index in [4.69, 9.17) is 0 Å². The number of fused-ring (bicyclic) bond motifs is 3. The summed E-state index contributed by atoms with van der Waals surface area (Å²) in [7, 11) is 1.61. The van der Waals surface area contributed by atoms with Crippen LogP contribution in [0.4, 0.5) is 0 Å². The molecule has 0 amide bonds. The van der Waals surface area contributed by atoms with E-state index >= 15 is 0 Å². The first-order valence-corrected chi connectivity index (χ1v) is 8.20. The quantitative estimate of drug-likeness (QED) is 0.616. The molecule has 0 aliphatic heterocycles. The van der Waals surface area contributed by atoms with Gasteiger partial charge in [-0.05, 0) is 25.8 Å². The zero-order valence-corrected chi connectivity index (χ0v) is 14.4. The van der Waals surface area contributed by atoms with Crippen LogP contribution >= 0.6 is 0 Å². The second kappa shape index (κ2) is 5.47. The molecule has 25 heavy (non-hydrogen) atoms. The maximum atomic E-state index is 12.3. The first kappa shape index (κ1) is 15.4. The SMILES string of the molecule is Cc1c(C)n2c3c(=O)[nH]c(=O)n(C)c3nc2n1CCc1ccccc1. The number of H-pyrrole nitrogens is 1. The number of aryl methyl sites for hydroxylation is 4. The highest BCUT2D eigenvalue weighted by molar-refractivity contribution is 5.76. The van der Waals surface area contributed by atoms with Crippen molar-refractivity contribution in [3.05, 3.63) is 68.1 Å². The van der Waals surface area contributed by atoms with Gasteiger partial charge in [0.1, 0.15) is 0 Å². The van der Waals surface area contributed by atoms with Crippen molar-refractivity contribution in [3.8, 4) is 0 Å². The normalized spacial score (nSPS) is 11.6. The lowest BCUT2D eigenvalue weighted by Gasteiger charge is -2.06. The smallest absolute Gasteiger partial charge is 0.314 e. The van der Waals surface area contributed by atoms with Crippen molar-refractivity contribution >= 4 is 16.9 Å². The molecule has 0 unspecified atom stereocenters. The number of nitrogens with zero attached hydrogens (tertiary/aromatic N) is 4. The molecule has 0 radical (unpaired) electrons. The predicted molar refractivity (Wildman–Crippen MR) is 96.2 cm³/mol. The van der Waals surface area contributed by atoms with E-state index in [0.29, 0.717) is 16.9 Å². The van der Waals surface area contributed by atoms with Crippen LogP contribution < -0.4 is 11.2 Å². The van der Waals surface area contributed by atoms with Gasteiger partial charge < -0.3 is 4.57 Å². The van der Waals surface area contributed by atoms with Gasteiger partial charge >= 0.3 is 5.69 Å². The van der Waals surface area contributed by atoms with Crippen molar-refractivity contribution in [1.82, 2.24) is 23.5 Å². The summed E-state index contributed by atoms with van der Waals surface area (Å²) in [4.78, 5) is 31.1. The molecular formula is C18H19N5O2. The standard InChI is InChI=1S/C18H19N5O2/c1-11-12(2)23-14-15(21(3)18(25)20-16(14)24)19-17(23)22(11)10-9-13-7-5-4-6-8-13/h4-8H,9-10H2,1-3H3,(H,20,24,25).